The van der Waals surface area contributed by atoms with Crippen LogP contribution in [0.1, 0.15) is 135 Å². The van der Waals surface area contributed by atoms with Crippen molar-refractivity contribution >= 4 is 34.9 Å². The van der Waals surface area contributed by atoms with Gasteiger partial charge < -0.3 is 0 Å². The van der Waals surface area contributed by atoms with Gasteiger partial charge in [-0.25, -0.2) is 9.79 Å². The average Bonchev–Trinajstić information content (AvgIpc) is 2.70. The van der Waals surface area contributed by atoms with E-state index in [-0.39, 0.29) is 0 Å². The summed E-state index contributed by atoms with van der Waals surface area (Å²) in [5, 5.41) is 0. The quantitative estimate of drug-likeness (QED) is 0.0446. The van der Waals surface area contributed by atoms with Crippen molar-refractivity contribution in [3.63, 3.8) is 0 Å². The first-order chi connectivity index (χ1) is 14.6. The maximum Gasteiger partial charge on any atom is 0.248 e. The van der Waals surface area contributed by atoms with Crippen LogP contribution < -0.4 is 0 Å². The van der Waals surface area contributed by atoms with Crippen molar-refractivity contribution in [1.82, 2.24) is 0 Å². The summed E-state index contributed by atoms with van der Waals surface area (Å²) < 4.78 is 0. The number of halogens is 2. The molecule has 0 aromatic heterocycles. The lowest BCUT2D eigenvalue weighted by molar-refractivity contribution is 0.520. The highest BCUT2D eigenvalue weighted by Gasteiger charge is 2.19. The van der Waals surface area contributed by atoms with E-state index < -0.39 is 6.69 Å². The Labute approximate surface area is 198 Å². The van der Waals surface area contributed by atoms with Gasteiger partial charge in [-0.3, -0.25) is 0 Å². The van der Waals surface area contributed by atoms with E-state index in [2.05, 4.69) is 4.99 Å². The lowest BCUT2D eigenvalue weighted by atomic mass is 10.0. The molecule has 0 spiro atoms. The molecule has 0 rings (SSSR count). The van der Waals surface area contributed by atoms with Crippen LogP contribution in [-0.2, 0) is 4.79 Å². The van der Waals surface area contributed by atoms with Gasteiger partial charge in [-0.1, -0.05) is 128 Å². The third-order valence-corrected chi connectivity index (χ3v) is 8.32. The fraction of sp³-hybridized carbons (Fsp3) is 0.960. The van der Waals surface area contributed by atoms with Crippen molar-refractivity contribution in [2.45, 2.75) is 147 Å². The Kier molecular flexibility index (Phi) is 24.0. The predicted molar refractivity (Wildman–Crippen MR) is 138 cm³/mol. The van der Waals surface area contributed by atoms with E-state index in [0.29, 0.717) is 6.54 Å². The van der Waals surface area contributed by atoms with Gasteiger partial charge >= 0.3 is 0 Å². The normalized spacial score (nSPS) is 11.6. The van der Waals surface area contributed by atoms with Crippen molar-refractivity contribution in [3.05, 3.63) is 0 Å². The van der Waals surface area contributed by atoms with Crippen molar-refractivity contribution in [2.24, 2.45) is 4.99 Å². The third-order valence-electron chi connectivity index (χ3n) is 5.95. The summed E-state index contributed by atoms with van der Waals surface area (Å²) in [5.74, 6) is 0. The van der Waals surface area contributed by atoms with Gasteiger partial charge in [-0.15, -0.1) is 22.2 Å². The first-order valence-electron chi connectivity index (χ1n) is 13.0. The van der Waals surface area contributed by atoms with Crippen LogP contribution in [0.25, 0.3) is 0 Å². The maximum absolute atomic E-state index is 9.95. The second-order valence-corrected chi connectivity index (χ2v) is 17.4. The standard InChI is InChI=1S/C25H49Cl2NOSi/c1-30(26,27)24-22-20-18-16-14-12-10-8-6-4-2-3-5-7-9-11-13-15-17-19-21-23-28-25-29/h2-24H2,1H3. The zero-order chi connectivity index (χ0) is 22.2. The molecule has 2 nitrogen and oxygen atoms in total. The molecule has 178 valence electrons. The number of isocyanates is 1. The SMILES string of the molecule is C[Si](Cl)(Cl)CCCCCCCCCCCCCCCCCCCCCCCN=C=O. The van der Waals surface area contributed by atoms with E-state index in [9.17, 15) is 4.79 Å². The number of aliphatic imine (C=N–C) groups is 1. The Morgan fingerprint density at radius 1 is 0.533 bits per heavy atom. The zero-order valence-electron chi connectivity index (χ0n) is 19.9. The van der Waals surface area contributed by atoms with E-state index in [1.54, 1.807) is 6.08 Å². The van der Waals surface area contributed by atoms with Gasteiger partial charge in [0.15, 0.2) is 0 Å². The summed E-state index contributed by atoms with van der Waals surface area (Å²) >= 11 is 12.3. The van der Waals surface area contributed by atoms with Crippen LogP contribution >= 0.6 is 22.2 Å². The Hall–Kier alpha value is 0.177. The van der Waals surface area contributed by atoms with Crippen molar-refractivity contribution < 1.29 is 4.79 Å². The summed E-state index contributed by atoms with van der Waals surface area (Å²) in [6, 6.07) is 1.05. The van der Waals surface area contributed by atoms with Gasteiger partial charge in [0.1, 0.15) is 0 Å². The Bertz CT molecular complexity index is 395. The van der Waals surface area contributed by atoms with Gasteiger partial charge in [0, 0.05) is 0 Å². The summed E-state index contributed by atoms with van der Waals surface area (Å²) in [4.78, 5) is 13.5. The number of rotatable bonds is 24. The molecule has 0 aliphatic rings. The molecule has 0 saturated carbocycles. The smallest absolute Gasteiger partial charge is 0.211 e. The van der Waals surface area contributed by atoms with E-state index >= 15 is 0 Å². The van der Waals surface area contributed by atoms with Gasteiger partial charge in [0.25, 0.3) is 0 Å². The monoisotopic (exact) mass is 477 g/mol. The molecule has 5 heteroatoms. The van der Waals surface area contributed by atoms with E-state index in [1.165, 1.54) is 128 Å². The summed E-state index contributed by atoms with van der Waals surface area (Å²) in [6.07, 6.45) is 30.2. The van der Waals surface area contributed by atoms with Crippen LogP contribution in [0.15, 0.2) is 4.99 Å². The van der Waals surface area contributed by atoms with Crippen LogP contribution in [0.2, 0.25) is 12.6 Å². The Morgan fingerprint density at radius 3 is 1.07 bits per heavy atom. The molecule has 0 aromatic rings. The molecule has 0 heterocycles. The van der Waals surface area contributed by atoms with Crippen LogP contribution in [0, 0.1) is 0 Å². The van der Waals surface area contributed by atoms with Gasteiger partial charge in [0.2, 0.25) is 12.8 Å². The van der Waals surface area contributed by atoms with Gasteiger partial charge in [0.05, 0.1) is 6.54 Å². The van der Waals surface area contributed by atoms with E-state index in [1.807, 2.05) is 6.55 Å². The highest BCUT2D eigenvalue weighted by molar-refractivity contribution is 7.44. The maximum atomic E-state index is 9.95. The largest absolute Gasteiger partial charge is 0.248 e. The second-order valence-electron chi connectivity index (χ2n) is 9.22. The Balaban J connectivity index is 3.04. The molecule has 0 bridgehead atoms. The topological polar surface area (TPSA) is 29.4 Å². The molecule has 0 aliphatic carbocycles. The molecule has 0 aromatic carbocycles. The minimum Gasteiger partial charge on any atom is -0.211 e. The minimum atomic E-state index is -1.84. The minimum absolute atomic E-state index is 0.662. The number of hydrogen-bond acceptors (Lipinski definition) is 2. The number of unbranched alkanes of at least 4 members (excludes halogenated alkanes) is 20. The van der Waals surface area contributed by atoms with Crippen LogP contribution in [-0.4, -0.2) is 19.3 Å². The molecular formula is C25H49Cl2NOSi. The molecule has 0 radical (unpaired) electrons. The molecule has 0 saturated heterocycles. The van der Waals surface area contributed by atoms with Crippen molar-refractivity contribution in [2.75, 3.05) is 6.54 Å². The first kappa shape index (κ1) is 30.2. The molecule has 0 amide bonds. The second kappa shape index (κ2) is 23.8. The molecule has 0 N–H and O–H groups in total. The Morgan fingerprint density at radius 2 is 0.800 bits per heavy atom. The van der Waals surface area contributed by atoms with E-state index in [4.69, 9.17) is 22.2 Å². The highest BCUT2D eigenvalue weighted by atomic mass is 35.7. The average molecular weight is 479 g/mol. The molecule has 0 fully saturated rings. The van der Waals surface area contributed by atoms with Gasteiger partial charge in [-0.05, 0) is 19.0 Å². The third kappa shape index (κ3) is 28.2. The summed E-state index contributed by atoms with van der Waals surface area (Å²) in [7, 11) is 0. The summed E-state index contributed by atoms with van der Waals surface area (Å²) in [6.45, 7) is 0.847. The lowest BCUT2D eigenvalue weighted by Crippen LogP contribution is -2.11. The molecular weight excluding hydrogens is 429 g/mol. The molecule has 0 unspecified atom stereocenters. The molecule has 0 aliphatic heterocycles. The zero-order valence-corrected chi connectivity index (χ0v) is 22.4. The van der Waals surface area contributed by atoms with Gasteiger partial charge in [-0.2, -0.15) is 0 Å². The number of nitrogens with zero attached hydrogens (tertiary/aromatic N) is 1. The summed E-state index contributed by atoms with van der Waals surface area (Å²) in [5.41, 5.74) is 0. The molecule has 30 heavy (non-hydrogen) atoms. The highest BCUT2D eigenvalue weighted by Crippen LogP contribution is 2.23. The molecule has 0 atom stereocenters. The van der Waals surface area contributed by atoms with Crippen LogP contribution in [0.4, 0.5) is 0 Å². The number of carbonyl (C=O) groups excluding carboxylic acids is 1. The number of hydrogen-bond donors (Lipinski definition) is 0. The van der Waals surface area contributed by atoms with E-state index in [0.717, 1.165) is 12.5 Å². The fourth-order valence-corrected chi connectivity index (χ4v) is 5.70. The fourth-order valence-electron chi connectivity index (χ4n) is 4.03. The first-order valence-corrected chi connectivity index (χ1v) is 17.7. The van der Waals surface area contributed by atoms with Crippen LogP contribution in [0.3, 0.4) is 0 Å². The lowest BCUT2D eigenvalue weighted by Gasteiger charge is -2.09. The predicted octanol–water partition coefficient (Wildman–Crippen LogP) is 10.1. The van der Waals surface area contributed by atoms with Crippen LogP contribution in [0.5, 0.6) is 0 Å². The van der Waals surface area contributed by atoms with Crippen molar-refractivity contribution in [3.8, 4) is 0 Å². The van der Waals surface area contributed by atoms with Crippen molar-refractivity contribution in [1.29, 1.82) is 0 Å².